The van der Waals surface area contributed by atoms with E-state index in [1.807, 2.05) is 6.92 Å². The fraction of sp³-hybridized carbons (Fsp3) is 0.500. The summed E-state index contributed by atoms with van der Waals surface area (Å²) in [5.74, 6) is 0. The van der Waals surface area contributed by atoms with Gasteiger partial charge in [-0.15, -0.1) is 0 Å². The van der Waals surface area contributed by atoms with Crippen molar-refractivity contribution in [2.24, 2.45) is 0 Å². The summed E-state index contributed by atoms with van der Waals surface area (Å²) >= 11 is 2.17. The molecule has 0 spiro atoms. The van der Waals surface area contributed by atoms with E-state index in [9.17, 15) is 5.11 Å². The van der Waals surface area contributed by atoms with Crippen LogP contribution < -0.4 is 0 Å². The first-order valence-corrected chi connectivity index (χ1v) is 4.94. The van der Waals surface area contributed by atoms with Gasteiger partial charge in [0.15, 0.2) is 0 Å². The maximum absolute atomic E-state index is 9.37. The number of nitrogens with zero attached hydrogens (tertiary/aromatic N) is 2. The van der Waals surface area contributed by atoms with E-state index in [1.165, 1.54) is 6.33 Å². The molecule has 0 amide bonds. The van der Waals surface area contributed by atoms with Crippen LogP contribution in [-0.4, -0.2) is 21.2 Å². The molecule has 0 saturated carbocycles. The molecule has 0 aliphatic rings. The van der Waals surface area contributed by atoms with Gasteiger partial charge in [-0.1, -0.05) is 6.92 Å². The largest absolute Gasteiger partial charge is 0.393 e. The number of aliphatic hydroxyl groups excluding tert-OH is 1. The molecule has 1 rings (SSSR count). The van der Waals surface area contributed by atoms with Gasteiger partial charge < -0.3 is 5.11 Å². The van der Waals surface area contributed by atoms with Crippen molar-refractivity contribution in [2.45, 2.75) is 25.9 Å². The summed E-state index contributed by atoms with van der Waals surface area (Å²) in [5, 5.41) is 9.37. The second-order valence-corrected chi connectivity index (χ2v) is 3.75. The van der Waals surface area contributed by atoms with Crippen LogP contribution in [0.3, 0.4) is 0 Å². The molecule has 0 radical (unpaired) electrons. The minimum absolute atomic E-state index is 0.284. The van der Waals surface area contributed by atoms with Gasteiger partial charge in [0, 0.05) is 12.6 Å². The molecule has 1 aromatic rings. The first-order valence-electron chi connectivity index (χ1n) is 3.86. The number of aromatic nitrogens is 2. The summed E-state index contributed by atoms with van der Waals surface area (Å²) in [7, 11) is 0. The number of aliphatic hydroxyl groups is 1. The van der Waals surface area contributed by atoms with Crippen molar-refractivity contribution in [3.8, 4) is 0 Å². The highest BCUT2D eigenvalue weighted by atomic mass is 127. The Hall–Kier alpha value is -0.230. The number of rotatable bonds is 3. The van der Waals surface area contributed by atoms with Crippen molar-refractivity contribution in [1.82, 2.24) is 9.97 Å². The Bertz CT molecular complexity index is 255. The van der Waals surface area contributed by atoms with Gasteiger partial charge in [0.25, 0.3) is 0 Å². The Morgan fingerprint density at radius 1 is 1.67 bits per heavy atom. The number of hydrogen-bond acceptors (Lipinski definition) is 3. The second kappa shape index (κ2) is 4.71. The maximum Gasteiger partial charge on any atom is 0.115 e. The van der Waals surface area contributed by atoms with Crippen molar-refractivity contribution in [3.63, 3.8) is 0 Å². The van der Waals surface area contributed by atoms with Crippen LogP contribution in [0.1, 0.15) is 19.0 Å². The monoisotopic (exact) mass is 278 g/mol. The van der Waals surface area contributed by atoms with Crippen molar-refractivity contribution in [1.29, 1.82) is 0 Å². The number of halogens is 1. The molecule has 0 bridgehead atoms. The van der Waals surface area contributed by atoms with Crippen LogP contribution in [0.5, 0.6) is 0 Å². The Morgan fingerprint density at radius 3 is 3.00 bits per heavy atom. The Morgan fingerprint density at radius 2 is 2.42 bits per heavy atom. The molecular formula is C8H11IN2O. The molecule has 0 aliphatic heterocycles. The molecule has 1 atom stereocenters. The summed E-state index contributed by atoms with van der Waals surface area (Å²) < 4.78 is 1.02. The zero-order valence-corrected chi connectivity index (χ0v) is 9.02. The minimum Gasteiger partial charge on any atom is -0.393 e. The zero-order valence-electron chi connectivity index (χ0n) is 6.87. The van der Waals surface area contributed by atoms with Crippen molar-refractivity contribution in [3.05, 3.63) is 21.8 Å². The van der Waals surface area contributed by atoms with Crippen LogP contribution in [0.2, 0.25) is 0 Å². The van der Waals surface area contributed by atoms with Crippen LogP contribution >= 0.6 is 22.6 Å². The molecule has 0 fully saturated rings. The van der Waals surface area contributed by atoms with Crippen LogP contribution in [0.4, 0.5) is 0 Å². The molecule has 1 N–H and O–H groups in total. The van der Waals surface area contributed by atoms with E-state index in [4.69, 9.17) is 0 Å². The quantitative estimate of drug-likeness (QED) is 0.850. The molecule has 3 nitrogen and oxygen atoms in total. The SMILES string of the molecule is CCC(O)Cc1ncncc1I. The lowest BCUT2D eigenvalue weighted by molar-refractivity contribution is 0.169. The first kappa shape index (κ1) is 9.85. The van der Waals surface area contributed by atoms with Gasteiger partial charge in [-0.2, -0.15) is 0 Å². The van der Waals surface area contributed by atoms with Gasteiger partial charge in [0.1, 0.15) is 6.33 Å². The third-order valence-corrected chi connectivity index (χ3v) is 2.55. The lowest BCUT2D eigenvalue weighted by Crippen LogP contribution is -2.11. The molecule has 0 aliphatic carbocycles. The van der Waals surface area contributed by atoms with Gasteiger partial charge >= 0.3 is 0 Å². The van der Waals surface area contributed by atoms with Gasteiger partial charge in [-0.25, -0.2) is 9.97 Å². The maximum atomic E-state index is 9.37. The van der Waals surface area contributed by atoms with E-state index in [-0.39, 0.29) is 6.10 Å². The summed E-state index contributed by atoms with van der Waals surface area (Å²) in [4.78, 5) is 7.97. The zero-order chi connectivity index (χ0) is 8.97. The first-order chi connectivity index (χ1) is 5.74. The van der Waals surface area contributed by atoms with Crippen molar-refractivity contribution < 1.29 is 5.11 Å². The minimum atomic E-state index is -0.284. The topological polar surface area (TPSA) is 46.0 Å². The van der Waals surface area contributed by atoms with Crippen LogP contribution in [0, 0.1) is 3.57 Å². The average molecular weight is 278 g/mol. The summed E-state index contributed by atoms with van der Waals surface area (Å²) in [5.41, 5.74) is 0.931. The van der Waals surface area contributed by atoms with Crippen LogP contribution in [0.25, 0.3) is 0 Å². The summed E-state index contributed by atoms with van der Waals surface area (Å²) in [6.07, 6.45) is 4.37. The van der Waals surface area contributed by atoms with Crippen molar-refractivity contribution >= 4 is 22.6 Å². The predicted octanol–water partition coefficient (Wildman–Crippen LogP) is 1.39. The van der Waals surface area contributed by atoms with E-state index in [2.05, 4.69) is 32.6 Å². The Labute approximate surface area is 85.4 Å². The third-order valence-electron chi connectivity index (χ3n) is 1.64. The lowest BCUT2D eigenvalue weighted by Gasteiger charge is -2.07. The van der Waals surface area contributed by atoms with E-state index >= 15 is 0 Å². The normalized spacial score (nSPS) is 12.9. The van der Waals surface area contributed by atoms with Crippen LogP contribution in [-0.2, 0) is 6.42 Å². The molecular weight excluding hydrogens is 267 g/mol. The standard InChI is InChI=1S/C8H11IN2O/c1-2-6(12)3-8-7(9)4-10-5-11-8/h4-6,12H,2-3H2,1H3. The molecule has 0 aromatic carbocycles. The number of hydrogen-bond donors (Lipinski definition) is 1. The van der Waals surface area contributed by atoms with Crippen molar-refractivity contribution in [2.75, 3.05) is 0 Å². The fourth-order valence-electron chi connectivity index (χ4n) is 0.856. The molecule has 0 saturated heterocycles. The molecule has 66 valence electrons. The van der Waals surface area contributed by atoms with Crippen LogP contribution in [0.15, 0.2) is 12.5 Å². The Balaban J connectivity index is 2.69. The van der Waals surface area contributed by atoms with E-state index in [0.29, 0.717) is 6.42 Å². The predicted molar refractivity (Wildman–Crippen MR) is 54.8 cm³/mol. The van der Waals surface area contributed by atoms with Gasteiger partial charge in [-0.05, 0) is 29.0 Å². The molecule has 1 aromatic heterocycles. The molecule has 12 heavy (non-hydrogen) atoms. The highest BCUT2D eigenvalue weighted by Gasteiger charge is 2.06. The molecule has 1 unspecified atom stereocenters. The summed E-state index contributed by atoms with van der Waals surface area (Å²) in [6, 6.07) is 0. The van der Waals surface area contributed by atoms with Gasteiger partial charge in [0.05, 0.1) is 15.4 Å². The lowest BCUT2D eigenvalue weighted by atomic mass is 10.1. The fourth-order valence-corrected chi connectivity index (χ4v) is 1.38. The second-order valence-electron chi connectivity index (χ2n) is 2.58. The smallest absolute Gasteiger partial charge is 0.115 e. The van der Waals surface area contributed by atoms with E-state index in [0.717, 1.165) is 15.7 Å². The van der Waals surface area contributed by atoms with Gasteiger partial charge in [-0.3, -0.25) is 0 Å². The highest BCUT2D eigenvalue weighted by Crippen LogP contribution is 2.10. The van der Waals surface area contributed by atoms with E-state index < -0.39 is 0 Å². The molecule has 1 heterocycles. The molecule has 4 heteroatoms. The third kappa shape index (κ3) is 2.67. The van der Waals surface area contributed by atoms with E-state index in [1.54, 1.807) is 6.20 Å². The van der Waals surface area contributed by atoms with Gasteiger partial charge in [0.2, 0.25) is 0 Å². The highest BCUT2D eigenvalue weighted by molar-refractivity contribution is 14.1. The summed E-state index contributed by atoms with van der Waals surface area (Å²) in [6.45, 7) is 1.96. The Kier molecular flexibility index (Phi) is 3.87. The average Bonchev–Trinajstić information content (AvgIpc) is 2.09.